The summed E-state index contributed by atoms with van der Waals surface area (Å²) in [5.74, 6) is -0.833. The Morgan fingerprint density at radius 1 is 1.36 bits per heavy atom. The Labute approximate surface area is 148 Å². The molecular weight excluding hydrogens is 346 g/mol. The summed E-state index contributed by atoms with van der Waals surface area (Å²) in [4.78, 5) is 9.00. The molecule has 140 valence electrons. The van der Waals surface area contributed by atoms with Crippen LogP contribution in [0, 0.1) is 0 Å². The zero-order valence-corrected chi connectivity index (χ0v) is 15.3. The third-order valence-electron chi connectivity index (χ3n) is 4.04. The second kappa shape index (κ2) is 8.72. The number of nitrogens with one attached hydrogen (secondary N) is 1. The van der Waals surface area contributed by atoms with E-state index in [1.54, 1.807) is 7.05 Å². The van der Waals surface area contributed by atoms with Gasteiger partial charge in [0.2, 0.25) is 0 Å². The second-order valence-corrected chi connectivity index (χ2v) is 8.09. The van der Waals surface area contributed by atoms with Crippen molar-refractivity contribution in [3.8, 4) is 0 Å². The summed E-state index contributed by atoms with van der Waals surface area (Å²) < 4.78 is 33.9. The first-order chi connectivity index (χ1) is 11.8. The van der Waals surface area contributed by atoms with Gasteiger partial charge in [-0.15, -0.1) is 0 Å². The highest BCUT2D eigenvalue weighted by molar-refractivity contribution is 7.86. The molecule has 0 aromatic heterocycles. The molecule has 1 aromatic rings. The average molecular weight is 371 g/mol. The van der Waals surface area contributed by atoms with Crippen LogP contribution in [0.4, 0.5) is 0 Å². The molecule has 2 aliphatic heterocycles. The van der Waals surface area contributed by atoms with Crippen molar-refractivity contribution in [1.82, 2.24) is 13.9 Å². The molecule has 2 fully saturated rings. The number of carbonyl (C=O) groups is 1. The van der Waals surface area contributed by atoms with Crippen molar-refractivity contribution in [2.24, 2.45) is 0 Å². The van der Waals surface area contributed by atoms with E-state index in [9.17, 15) is 8.42 Å². The molecule has 0 saturated carbocycles. The number of carboxylic acids is 1. The summed E-state index contributed by atoms with van der Waals surface area (Å²) in [6, 6.07) is 9.72. The number of aliphatic carboxylic acids is 1. The topological polar surface area (TPSA) is 99.2 Å². The molecule has 8 nitrogen and oxygen atoms in total. The first-order valence-corrected chi connectivity index (χ1v) is 9.50. The van der Waals surface area contributed by atoms with E-state index in [4.69, 9.17) is 14.6 Å². The van der Waals surface area contributed by atoms with Gasteiger partial charge in [0.05, 0.1) is 12.7 Å². The molecule has 0 amide bonds. The number of hydrogen-bond acceptors (Lipinski definition) is 5. The SMILES string of the molecule is CC(=O)O.CN(Cc1ccccc1)S(=O)(=O)N1C[C@@H]2NCCO[C@H]2C1. The zero-order chi connectivity index (χ0) is 18.4. The van der Waals surface area contributed by atoms with Crippen LogP contribution < -0.4 is 5.32 Å². The molecular formula is C16H25N3O5S. The van der Waals surface area contributed by atoms with Crippen LogP contribution in [-0.2, 0) is 26.3 Å². The first kappa shape index (κ1) is 19.8. The molecule has 25 heavy (non-hydrogen) atoms. The summed E-state index contributed by atoms with van der Waals surface area (Å²) in [5, 5.41) is 10.7. The lowest BCUT2D eigenvalue weighted by Gasteiger charge is -2.25. The molecule has 0 radical (unpaired) electrons. The molecule has 2 aliphatic rings. The van der Waals surface area contributed by atoms with Crippen LogP contribution in [0.3, 0.4) is 0 Å². The van der Waals surface area contributed by atoms with Crippen LogP contribution in [0.5, 0.6) is 0 Å². The highest BCUT2D eigenvalue weighted by Gasteiger charge is 2.41. The minimum atomic E-state index is -3.45. The molecule has 3 rings (SSSR count). The Morgan fingerprint density at radius 2 is 2.00 bits per heavy atom. The summed E-state index contributed by atoms with van der Waals surface area (Å²) in [5.41, 5.74) is 0.981. The van der Waals surface area contributed by atoms with Crippen molar-refractivity contribution < 1.29 is 23.1 Å². The Morgan fingerprint density at radius 3 is 2.60 bits per heavy atom. The highest BCUT2D eigenvalue weighted by atomic mass is 32.2. The molecule has 0 spiro atoms. The molecule has 0 aliphatic carbocycles. The van der Waals surface area contributed by atoms with Gasteiger partial charge in [0, 0.05) is 46.2 Å². The van der Waals surface area contributed by atoms with E-state index >= 15 is 0 Å². The normalized spacial score (nSPS) is 23.6. The molecule has 2 atom stereocenters. The van der Waals surface area contributed by atoms with Gasteiger partial charge in [0.25, 0.3) is 16.2 Å². The van der Waals surface area contributed by atoms with Crippen LogP contribution in [0.1, 0.15) is 12.5 Å². The number of nitrogens with zero attached hydrogens (tertiary/aromatic N) is 2. The van der Waals surface area contributed by atoms with Crippen LogP contribution in [0.25, 0.3) is 0 Å². The average Bonchev–Trinajstić information content (AvgIpc) is 3.00. The first-order valence-electron chi connectivity index (χ1n) is 8.10. The molecule has 0 bridgehead atoms. The third kappa shape index (κ3) is 5.48. The van der Waals surface area contributed by atoms with Crippen LogP contribution >= 0.6 is 0 Å². The number of rotatable bonds is 4. The van der Waals surface area contributed by atoms with E-state index in [0.29, 0.717) is 26.2 Å². The van der Waals surface area contributed by atoms with E-state index in [2.05, 4.69) is 5.32 Å². The van der Waals surface area contributed by atoms with Gasteiger partial charge < -0.3 is 15.2 Å². The standard InChI is InChI=1S/C14H21N3O3S.C2H4O2/c1-16(9-12-5-3-2-4-6-12)21(18,19)17-10-13-14(11-17)20-8-7-15-13;1-2(3)4/h2-6,13-15H,7-11H2,1H3;1H3,(H,3,4)/t13-,14-;/m0./s1. The Kier molecular flexibility index (Phi) is 6.91. The molecule has 2 heterocycles. The van der Waals surface area contributed by atoms with Gasteiger partial charge in [-0.25, -0.2) is 0 Å². The summed E-state index contributed by atoms with van der Waals surface area (Å²) in [6.07, 6.45) is -0.0290. The molecule has 2 N–H and O–H groups in total. The van der Waals surface area contributed by atoms with Gasteiger partial charge in [-0.2, -0.15) is 17.0 Å². The summed E-state index contributed by atoms with van der Waals surface area (Å²) >= 11 is 0. The van der Waals surface area contributed by atoms with Crippen molar-refractivity contribution in [3.63, 3.8) is 0 Å². The Bertz CT molecular complexity index is 650. The Balaban J connectivity index is 0.000000511. The number of fused-ring (bicyclic) bond motifs is 1. The monoisotopic (exact) mass is 371 g/mol. The Hall–Kier alpha value is -1.52. The quantitative estimate of drug-likeness (QED) is 0.780. The fourth-order valence-electron chi connectivity index (χ4n) is 2.87. The van der Waals surface area contributed by atoms with Crippen molar-refractivity contribution in [3.05, 3.63) is 35.9 Å². The van der Waals surface area contributed by atoms with Crippen LogP contribution in [-0.4, -0.2) is 73.5 Å². The molecule has 2 saturated heterocycles. The minimum absolute atomic E-state index is 0.0290. The van der Waals surface area contributed by atoms with Gasteiger partial charge >= 0.3 is 0 Å². The number of morpholine rings is 1. The van der Waals surface area contributed by atoms with E-state index < -0.39 is 16.2 Å². The molecule has 1 aromatic carbocycles. The van der Waals surface area contributed by atoms with Crippen LogP contribution in [0.15, 0.2) is 30.3 Å². The van der Waals surface area contributed by atoms with E-state index in [1.165, 1.54) is 8.61 Å². The lowest BCUT2D eigenvalue weighted by molar-refractivity contribution is -0.134. The van der Waals surface area contributed by atoms with Gasteiger partial charge in [0.15, 0.2) is 0 Å². The van der Waals surface area contributed by atoms with E-state index in [-0.39, 0.29) is 12.1 Å². The predicted octanol–water partition coefficient (Wildman–Crippen LogP) is 0.127. The maximum atomic E-state index is 12.6. The maximum Gasteiger partial charge on any atom is 0.300 e. The fraction of sp³-hybridized carbons (Fsp3) is 0.562. The largest absolute Gasteiger partial charge is 0.481 e. The second-order valence-electron chi connectivity index (χ2n) is 6.06. The van der Waals surface area contributed by atoms with Crippen molar-refractivity contribution in [2.45, 2.75) is 25.6 Å². The third-order valence-corrected chi connectivity index (χ3v) is 5.91. The summed E-state index contributed by atoms with van der Waals surface area (Å²) in [6.45, 7) is 3.80. The number of ether oxygens (including phenoxy) is 1. The smallest absolute Gasteiger partial charge is 0.300 e. The van der Waals surface area contributed by atoms with Crippen molar-refractivity contribution in [2.75, 3.05) is 33.3 Å². The lowest BCUT2D eigenvalue weighted by atomic mass is 10.2. The number of benzene rings is 1. The molecule has 0 unspecified atom stereocenters. The van der Waals surface area contributed by atoms with Crippen molar-refractivity contribution >= 4 is 16.2 Å². The number of carboxylic acid groups (broad SMARTS) is 1. The van der Waals surface area contributed by atoms with Crippen LogP contribution in [0.2, 0.25) is 0 Å². The van der Waals surface area contributed by atoms with Gasteiger partial charge in [0.1, 0.15) is 0 Å². The van der Waals surface area contributed by atoms with Crippen molar-refractivity contribution in [1.29, 1.82) is 0 Å². The highest BCUT2D eigenvalue weighted by Crippen LogP contribution is 2.21. The fourth-order valence-corrected chi connectivity index (χ4v) is 4.26. The summed E-state index contributed by atoms with van der Waals surface area (Å²) in [7, 11) is -1.82. The van der Waals surface area contributed by atoms with Gasteiger partial charge in [-0.05, 0) is 5.56 Å². The predicted molar refractivity (Wildman–Crippen MR) is 93.2 cm³/mol. The zero-order valence-electron chi connectivity index (χ0n) is 14.5. The maximum absolute atomic E-state index is 12.6. The van der Waals surface area contributed by atoms with Gasteiger partial charge in [-0.3, -0.25) is 4.79 Å². The molecule has 9 heteroatoms. The van der Waals surface area contributed by atoms with E-state index in [1.807, 2.05) is 30.3 Å². The minimum Gasteiger partial charge on any atom is -0.481 e. The van der Waals surface area contributed by atoms with Gasteiger partial charge in [-0.1, -0.05) is 30.3 Å². The van der Waals surface area contributed by atoms with E-state index in [0.717, 1.165) is 19.0 Å². The number of hydrogen-bond donors (Lipinski definition) is 2. The lowest BCUT2D eigenvalue weighted by Crippen LogP contribution is -2.47.